The molecule has 0 aliphatic carbocycles. The SMILES string of the molecule is COc1ccc(COc2c[nH]c(C(=O)N3CCN(C)CC3)cc2=O)cc1. The first-order chi connectivity index (χ1) is 12.6. The Labute approximate surface area is 152 Å². The molecule has 1 aliphatic rings. The molecule has 1 aromatic carbocycles. The molecule has 2 heterocycles. The number of ether oxygens (including phenoxy) is 2. The maximum Gasteiger partial charge on any atom is 0.270 e. The van der Waals surface area contributed by atoms with Crippen molar-refractivity contribution in [3.8, 4) is 11.5 Å². The number of rotatable bonds is 5. The van der Waals surface area contributed by atoms with Gasteiger partial charge >= 0.3 is 0 Å². The number of likely N-dealkylation sites (N-methyl/N-ethyl adjacent to an activating group) is 1. The zero-order chi connectivity index (χ0) is 18.5. The number of hydrogen-bond donors (Lipinski definition) is 1. The minimum atomic E-state index is -0.310. The summed E-state index contributed by atoms with van der Waals surface area (Å²) in [5.41, 5.74) is 0.897. The van der Waals surface area contributed by atoms with E-state index in [-0.39, 0.29) is 29.4 Å². The quantitative estimate of drug-likeness (QED) is 0.874. The smallest absolute Gasteiger partial charge is 0.270 e. The molecule has 26 heavy (non-hydrogen) atoms. The Bertz CT molecular complexity index is 808. The number of carbonyl (C=O) groups is 1. The second kappa shape index (κ2) is 8.05. The Morgan fingerprint density at radius 3 is 2.46 bits per heavy atom. The number of nitrogens with zero attached hydrogens (tertiary/aromatic N) is 2. The molecule has 1 amide bonds. The number of piperazine rings is 1. The van der Waals surface area contributed by atoms with Crippen LogP contribution in [0.15, 0.2) is 41.3 Å². The highest BCUT2D eigenvalue weighted by Gasteiger charge is 2.21. The average Bonchev–Trinajstić information content (AvgIpc) is 2.67. The van der Waals surface area contributed by atoms with Gasteiger partial charge in [0.05, 0.1) is 7.11 Å². The molecule has 3 rings (SSSR count). The van der Waals surface area contributed by atoms with Crippen molar-refractivity contribution >= 4 is 5.91 Å². The van der Waals surface area contributed by atoms with Crippen molar-refractivity contribution in [2.24, 2.45) is 0 Å². The van der Waals surface area contributed by atoms with Gasteiger partial charge in [0, 0.05) is 38.4 Å². The molecule has 138 valence electrons. The van der Waals surface area contributed by atoms with Crippen molar-refractivity contribution in [1.82, 2.24) is 14.8 Å². The van der Waals surface area contributed by atoms with Gasteiger partial charge < -0.3 is 24.3 Å². The average molecular weight is 357 g/mol. The summed E-state index contributed by atoms with van der Waals surface area (Å²) in [6, 6.07) is 8.72. The normalized spacial score (nSPS) is 14.9. The van der Waals surface area contributed by atoms with Gasteiger partial charge in [0.15, 0.2) is 5.75 Å². The minimum absolute atomic E-state index is 0.156. The molecule has 1 fully saturated rings. The van der Waals surface area contributed by atoms with Crippen molar-refractivity contribution in [1.29, 1.82) is 0 Å². The molecule has 0 bridgehead atoms. The number of carbonyl (C=O) groups excluding carboxylic acids is 1. The third-order valence-corrected chi connectivity index (χ3v) is 4.45. The van der Waals surface area contributed by atoms with Crippen LogP contribution in [-0.2, 0) is 6.61 Å². The zero-order valence-electron chi connectivity index (χ0n) is 15.0. The van der Waals surface area contributed by atoms with E-state index in [0.717, 1.165) is 24.4 Å². The van der Waals surface area contributed by atoms with Crippen LogP contribution in [0.5, 0.6) is 11.5 Å². The van der Waals surface area contributed by atoms with Gasteiger partial charge in [-0.1, -0.05) is 12.1 Å². The van der Waals surface area contributed by atoms with E-state index in [1.54, 1.807) is 12.0 Å². The molecule has 0 atom stereocenters. The molecule has 0 radical (unpaired) electrons. The fourth-order valence-corrected chi connectivity index (χ4v) is 2.76. The first kappa shape index (κ1) is 18.0. The summed E-state index contributed by atoms with van der Waals surface area (Å²) in [6.07, 6.45) is 1.45. The van der Waals surface area contributed by atoms with Crippen molar-refractivity contribution in [3.63, 3.8) is 0 Å². The molecule has 7 heteroatoms. The van der Waals surface area contributed by atoms with Gasteiger partial charge in [-0.2, -0.15) is 0 Å². The van der Waals surface area contributed by atoms with E-state index >= 15 is 0 Å². The summed E-state index contributed by atoms with van der Waals surface area (Å²) in [5.74, 6) is 0.797. The van der Waals surface area contributed by atoms with Crippen LogP contribution < -0.4 is 14.9 Å². The van der Waals surface area contributed by atoms with Crippen LogP contribution in [0.2, 0.25) is 0 Å². The third kappa shape index (κ3) is 4.23. The zero-order valence-corrected chi connectivity index (χ0v) is 15.0. The first-order valence-electron chi connectivity index (χ1n) is 8.53. The van der Waals surface area contributed by atoms with Gasteiger partial charge in [0.1, 0.15) is 18.1 Å². The van der Waals surface area contributed by atoms with E-state index in [4.69, 9.17) is 9.47 Å². The number of nitrogens with one attached hydrogen (secondary N) is 1. The molecular formula is C19H23N3O4. The molecule has 0 spiro atoms. The highest BCUT2D eigenvalue weighted by atomic mass is 16.5. The summed E-state index contributed by atoms with van der Waals surface area (Å²) in [6.45, 7) is 3.25. The van der Waals surface area contributed by atoms with Crippen LogP contribution in [0, 0.1) is 0 Å². The highest BCUT2D eigenvalue weighted by molar-refractivity contribution is 5.92. The molecule has 1 N–H and O–H groups in total. The van der Waals surface area contributed by atoms with Crippen LogP contribution in [0.25, 0.3) is 0 Å². The molecule has 0 saturated carbocycles. The van der Waals surface area contributed by atoms with E-state index in [9.17, 15) is 9.59 Å². The number of amides is 1. The lowest BCUT2D eigenvalue weighted by Gasteiger charge is -2.32. The summed E-state index contributed by atoms with van der Waals surface area (Å²) in [4.78, 5) is 31.6. The van der Waals surface area contributed by atoms with E-state index in [0.29, 0.717) is 13.1 Å². The summed E-state index contributed by atoms with van der Waals surface area (Å²) >= 11 is 0. The van der Waals surface area contributed by atoms with Gasteiger partial charge in [-0.3, -0.25) is 9.59 Å². The molecule has 1 aliphatic heterocycles. The largest absolute Gasteiger partial charge is 0.497 e. The Morgan fingerprint density at radius 1 is 1.15 bits per heavy atom. The van der Waals surface area contributed by atoms with Crippen LogP contribution in [0.1, 0.15) is 16.1 Å². The second-order valence-electron chi connectivity index (χ2n) is 6.31. The van der Waals surface area contributed by atoms with Crippen molar-refractivity contribution < 1.29 is 14.3 Å². The van der Waals surface area contributed by atoms with E-state index in [2.05, 4.69) is 9.88 Å². The number of hydrogen-bond acceptors (Lipinski definition) is 5. The summed E-state index contributed by atoms with van der Waals surface area (Å²) in [5, 5.41) is 0. The van der Waals surface area contributed by atoms with Crippen molar-refractivity contribution in [2.45, 2.75) is 6.61 Å². The maximum absolute atomic E-state index is 12.5. The molecule has 1 saturated heterocycles. The van der Waals surface area contributed by atoms with E-state index in [1.165, 1.54) is 12.3 Å². The Hall–Kier alpha value is -2.80. The lowest BCUT2D eigenvalue weighted by atomic mass is 10.2. The molecule has 1 aromatic heterocycles. The van der Waals surface area contributed by atoms with Gasteiger partial charge in [0.2, 0.25) is 5.43 Å². The highest BCUT2D eigenvalue weighted by Crippen LogP contribution is 2.13. The van der Waals surface area contributed by atoms with Crippen LogP contribution in [0.3, 0.4) is 0 Å². The standard InChI is InChI=1S/C19H23N3O4/c1-21-7-9-22(10-8-21)19(24)16-11-17(23)18(12-20-16)26-13-14-3-5-15(25-2)6-4-14/h3-6,11-12H,7-10,13H2,1-2H3,(H,20,23). The predicted octanol–water partition coefficient (Wildman–Crippen LogP) is 1.35. The Balaban J connectivity index is 1.63. The topological polar surface area (TPSA) is 74.9 Å². The molecular weight excluding hydrogens is 334 g/mol. The maximum atomic E-state index is 12.5. The molecule has 0 unspecified atom stereocenters. The lowest BCUT2D eigenvalue weighted by molar-refractivity contribution is 0.0658. The first-order valence-corrected chi connectivity index (χ1v) is 8.53. The van der Waals surface area contributed by atoms with E-state index in [1.807, 2.05) is 31.3 Å². The Kier molecular flexibility index (Phi) is 5.58. The van der Waals surface area contributed by atoms with Crippen LogP contribution in [0.4, 0.5) is 0 Å². The van der Waals surface area contributed by atoms with Crippen LogP contribution in [-0.4, -0.2) is 61.0 Å². The predicted molar refractivity (Wildman–Crippen MR) is 97.8 cm³/mol. The van der Waals surface area contributed by atoms with Crippen LogP contribution >= 0.6 is 0 Å². The number of pyridine rings is 1. The number of aromatic amines is 1. The fourth-order valence-electron chi connectivity index (χ4n) is 2.76. The second-order valence-corrected chi connectivity index (χ2v) is 6.31. The summed E-state index contributed by atoms with van der Waals surface area (Å²) < 4.78 is 10.7. The molecule has 7 nitrogen and oxygen atoms in total. The van der Waals surface area contributed by atoms with Gasteiger partial charge in [0.25, 0.3) is 5.91 Å². The third-order valence-electron chi connectivity index (χ3n) is 4.45. The number of benzene rings is 1. The number of aromatic nitrogens is 1. The molecule has 2 aromatic rings. The van der Waals surface area contributed by atoms with E-state index < -0.39 is 0 Å². The van der Waals surface area contributed by atoms with Crippen molar-refractivity contribution in [3.05, 3.63) is 58.0 Å². The number of methoxy groups -OCH3 is 1. The van der Waals surface area contributed by atoms with Gasteiger partial charge in [-0.05, 0) is 24.7 Å². The van der Waals surface area contributed by atoms with Gasteiger partial charge in [-0.25, -0.2) is 0 Å². The van der Waals surface area contributed by atoms with Gasteiger partial charge in [-0.15, -0.1) is 0 Å². The fraction of sp³-hybridized carbons (Fsp3) is 0.368. The van der Waals surface area contributed by atoms with Crippen molar-refractivity contribution in [2.75, 3.05) is 40.3 Å². The lowest BCUT2D eigenvalue weighted by Crippen LogP contribution is -2.47. The minimum Gasteiger partial charge on any atom is -0.497 e. The summed E-state index contributed by atoms with van der Waals surface area (Å²) in [7, 11) is 3.63. The monoisotopic (exact) mass is 357 g/mol. The Morgan fingerprint density at radius 2 is 1.85 bits per heavy atom. The number of H-pyrrole nitrogens is 1.